The second kappa shape index (κ2) is 6.08. The van der Waals surface area contributed by atoms with Gasteiger partial charge in [0.2, 0.25) is 10.0 Å². The maximum Gasteiger partial charge on any atom is 0.211 e. The highest BCUT2D eigenvalue weighted by Crippen LogP contribution is 2.28. The Balaban J connectivity index is 1.63. The molecule has 0 bridgehead atoms. The van der Waals surface area contributed by atoms with E-state index >= 15 is 0 Å². The van der Waals surface area contributed by atoms with Crippen LogP contribution in [0.3, 0.4) is 0 Å². The number of hydrogen-bond donors (Lipinski definition) is 2. The van der Waals surface area contributed by atoms with Gasteiger partial charge in [-0.05, 0) is 30.0 Å². The van der Waals surface area contributed by atoms with Crippen molar-refractivity contribution in [2.24, 2.45) is 0 Å². The van der Waals surface area contributed by atoms with Crippen molar-refractivity contribution in [1.82, 2.24) is 19.7 Å². The van der Waals surface area contributed by atoms with Crippen molar-refractivity contribution in [3.63, 3.8) is 0 Å². The summed E-state index contributed by atoms with van der Waals surface area (Å²) in [6, 6.07) is 7.45. The largest absolute Gasteiger partial charge is 0.368 e. The first-order chi connectivity index (χ1) is 11.6. The van der Waals surface area contributed by atoms with E-state index in [4.69, 9.17) is 0 Å². The van der Waals surface area contributed by atoms with Gasteiger partial charge in [0.05, 0.1) is 11.1 Å². The molecule has 9 heteroatoms. The van der Waals surface area contributed by atoms with E-state index in [0.29, 0.717) is 30.3 Å². The van der Waals surface area contributed by atoms with Gasteiger partial charge in [0.25, 0.3) is 0 Å². The van der Waals surface area contributed by atoms with Crippen molar-refractivity contribution < 1.29 is 8.42 Å². The van der Waals surface area contributed by atoms with Crippen LogP contribution in [0.2, 0.25) is 0 Å². The van der Waals surface area contributed by atoms with Crippen LogP contribution in [-0.2, 0) is 10.0 Å². The number of nitrogens with zero attached hydrogens (tertiary/aromatic N) is 3. The van der Waals surface area contributed by atoms with Crippen LogP contribution in [0.1, 0.15) is 6.42 Å². The quantitative estimate of drug-likeness (QED) is 0.736. The summed E-state index contributed by atoms with van der Waals surface area (Å²) in [4.78, 5) is 14.3. The summed E-state index contributed by atoms with van der Waals surface area (Å²) in [5, 5.41) is 6.16. The number of fused-ring (bicyclic) bond motifs is 1. The first kappa shape index (κ1) is 15.4. The maximum absolute atomic E-state index is 11.5. The third kappa shape index (κ3) is 3.10. The lowest BCUT2D eigenvalue weighted by atomic mass is 10.2. The predicted molar refractivity (Wildman–Crippen MR) is 94.5 cm³/mol. The molecule has 7 nitrogen and oxygen atoms in total. The molecule has 24 heavy (non-hydrogen) atoms. The zero-order chi connectivity index (χ0) is 16.6. The van der Waals surface area contributed by atoms with Crippen LogP contribution in [0.25, 0.3) is 21.7 Å². The third-order valence-electron chi connectivity index (χ3n) is 3.82. The molecule has 0 radical (unpaired) electrons. The number of nitrogens with one attached hydrogen (secondary N) is 2. The number of sulfonamides is 1. The monoisotopic (exact) mass is 361 g/mol. The number of anilines is 1. The predicted octanol–water partition coefficient (Wildman–Crippen LogP) is 1.86. The molecule has 0 spiro atoms. The fraction of sp³-hybridized carbons (Fsp3) is 0.267. The first-order valence-electron chi connectivity index (χ1n) is 7.51. The van der Waals surface area contributed by atoms with Gasteiger partial charge in [0.15, 0.2) is 5.82 Å². The van der Waals surface area contributed by atoms with Crippen LogP contribution < -0.4 is 10.0 Å². The molecular formula is C15H15N5O2S2. The van der Waals surface area contributed by atoms with E-state index in [9.17, 15) is 8.42 Å². The number of rotatable bonds is 4. The Bertz CT molecular complexity index is 972. The molecule has 2 N–H and O–H groups in total. The van der Waals surface area contributed by atoms with Crippen LogP contribution in [0, 0.1) is 0 Å². The number of aromatic nitrogens is 3. The summed E-state index contributed by atoms with van der Waals surface area (Å²) in [5.41, 5.74) is 0.706. The van der Waals surface area contributed by atoms with Crippen molar-refractivity contribution in [2.45, 2.75) is 12.5 Å². The standard InChI is InChI=1S/C15H15N5O2S2/c21-24(22)8-5-10(20-24)9-17-13-11-4-7-23-15(11)19-14(18-13)12-3-1-2-6-16-12/h1-4,6-7,10,20H,5,8-9H2,(H,17,18,19). The molecule has 0 saturated carbocycles. The molecule has 0 aliphatic carbocycles. The summed E-state index contributed by atoms with van der Waals surface area (Å²) in [6.07, 6.45) is 2.30. The van der Waals surface area contributed by atoms with Gasteiger partial charge in [-0.3, -0.25) is 4.98 Å². The molecule has 0 amide bonds. The zero-order valence-electron chi connectivity index (χ0n) is 12.6. The topological polar surface area (TPSA) is 96.9 Å². The fourth-order valence-corrected chi connectivity index (χ4v) is 4.82. The third-order valence-corrected chi connectivity index (χ3v) is 6.09. The lowest BCUT2D eigenvalue weighted by molar-refractivity contribution is 0.584. The highest BCUT2D eigenvalue weighted by Gasteiger charge is 2.26. The highest BCUT2D eigenvalue weighted by molar-refractivity contribution is 7.89. The molecule has 1 aliphatic rings. The summed E-state index contributed by atoms with van der Waals surface area (Å²) >= 11 is 1.54. The van der Waals surface area contributed by atoms with Crippen LogP contribution >= 0.6 is 11.3 Å². The van der Waals surface area contributed by atoms with E-state index in [0.717, 1.165) is 10.2 Å². The van der Waals surface area contributed by atoms with Gasteiger partial charge >= 0.3 is 0 Å². The van der Waals surface area contributed by atoms with Gasteiger partial charge in [-0.25, -0.2) is 23.1 Å². The highest BCUT2D eigenvalue weighted by atomic mass is 32.2. The summed E-state index contributed by atoms with van der Waals surface area (Å²) in [6.45, 7) is 0.489. The summed E-state index contributed by atoms with van der Waals surface area (Å²) < 4.78 is 25.6. The Morgan fingerprint density at radius 2 is 2.21 bits per heavy atom. The van der Waals surface area contributed by atoms with E-state index < -0.39 is 10.0 Å². The van der Waals surface area contributed by atoms with Crippen LogP contribution in [-0.4, -0.2) is 41.7 Å². The number of pyridine rings is 1. The molecule has 124 valence electrons. The number of thiophene rings is 1. The van der Waals surface area contributed by atoms with E-state index in [1.165, 1.54) is 11.3 Å². The lowest BCUT2D eigenvalue weighted by Gasteiger charge is -2.12. The Hall–Kier alpha value is -2.10. The molecular weight excluding hydrogens is 346 g/mol. The number of hydrogen-bond acceptors (Lipinski definition) is 7. The molecule has 1 aliphatic heterocycles. The molecule has 0 aromatic carbocycles. The maximum atomic E-state index is 11.5. The van der Waals surface area contributed by atoms with Crippen molar-refractivity contribution >= 4 is 37.4 Å². The first-order valence-corrected chi connectivity index (χ1v) is 10.0. The molecule has 1 saturated heterocycles. The van der Waals surface area contributed by atoms with Crippen LogP contribution in [0.15, 0.2) is 35.8 Å². The van der Waals surface area contributed by atoms with Gasteiger partial charge in [-0.2, -0.15) is 0 Å². The van der Waals surface area contributed by atoms with Crippen LogP contribution in [0.5, 0.6) is 0 Å². The van der Waals surface area contributed by atoms with Gasteiger partial charge in [-0.1, -0.05) is 6.07 Å². The minimum atomic E-state index is -3.11. The second-order valence-corrected chi connectivity index (χ2v) is 8.32. The van der Waals surface area contributed by atoms with Crippen molar-refractivity contribution in [2.75, 3.05) is 17.6 Å². The summed E-state index contributed by atoms with van der Waals surface area (Å²) in [7, 11) is -3.11. The van der Waals surface area contributed by atoms with E-state index in [2.05, 4.69) is 25.0 Å². The Kier molecular flexibility index (Phi) is 3.91. The zero-order valence-corrected chi connectivity index (χ0v) is 14.3. The average molecular weight is 361 g/mol. The molecule has 1 atom stereocenters. The second-order valence-electron chi connectivity index (χ2n) is 5.55. The SMILES string of the molecule is O=S1(=O)CCC(CNc2nc(-c3ccccn3)nc3sccc23)N1. The molecule has 4 heterocycles. The van der Waals surface area contributed by atoms with Crippen molar-refractivity contribution in [1.29, 1.82) is 0 Å². The smallest absolute Gasteiger partial charge is 0.211 e. The van der Waals surface area contributed by atoms with Gasteiger partial charge < -0.3 is 5.32 Å². The normalized spacial score (nSPS) is 19.6. The van der Waals surface area contributed by atoms with E-state index in [1.54, 1.807) is 6.20 Å². The molecule has 3 aromatic rings. The Morgan fingerprint density at radius 3 is 2.96 bits per heavy atom. The average Bonchev–Trinajstić information content (AvgIpc) is 3.19. The Morgan fingerprint density at radius 1 is 1.29 bits per heavy atom. The minimum Gasteiger partial charge on any atom is -0.368 e. The molecule has 3 aromatic heterocycles. The van der Waals surface area contributed by atoms with E-state index in [-0.39, 0.29) is 11.8 Å². The Labute approximate surface area is 143 Å². The van der Waals surface area contributed by atoms with Crippen molar-refractivity contribution in [3.8, 4) is 11.5 Å². The van der Waals surface area contributed by atoms with Gasteiger partial charge in [0.1, 0.15) is 16.3 Å². The fourth-order valence-electron chi connectivity index (χ4n) is 2.63. The van der Waals surface area contributed by atoms with Gasteiger partial charge in [0, 0.05) is 18.8 Å². The molecule has 1 unspecified atom stereocenters. The van der Waals surface area contributed by atoms with Gasteiger partial charge in [-0.15, -0.1) is 11.3 Å². The van der Waals surface area contributed by atoms with E-state index in [1.807, 2.05) is 29.6 Å². The summed E-state index contributed by atoms with van der Waals surface area (Å²) in [5.74, 6) is 1.43. The molecule has 4 rings (SSSR count). The minimum absolute atomic E-state index is 0.114. The van der Waals surface area contributed by atoms with Crippen LogP contribution in [0.4, 0.5) is 5.82 Å². The molecule has 1 fully saturated rings. The van der Waals surface area contributed by atoms with Crippen molar-refractivity contribution in [3.05, 3.63) is 35.8 Å². The lowest BCUT2D eigenvalue weighted by Crippen LogP contribution is -2.32.